The molecule has 0 spiro atoms. The lowest BCUT2D eigenvalue weighted by Gasteiger charge is -2.36. The number of aryl methyl sites for hydroxylation is 1. The number of rotatable bonds is 4. The van der Waals surface area contributed by atoms with Gasteiger partial charge in [0, 0.05) is 23.6 Å². The highest BCUT2D eigenvalue weighted by molar-refractivity contribution is 8.00. The van der Waals surface area contributed by atoms with Gasteiger partial charge in [-0.3, -0.25) is 0 Å². The van der Waals surface area contributed by atoms with Crippen LogP contribution in [0.4, 0.5) is 5.82 Å². The first kappa shape index (κ1) is 16.5. The van der Waals surface area contributed by atoms with E-state index in [1.165, 1.54) is 0 Å². The standard InChI is InChI=1S/C15H24N4S2/c1-5-11-12(6-2)17-18-15(13(11)14(16)20)19-7-9(3)21-10(4)8-19/h9-10H,5-8H2,1-4H3,(H2,16,20). The van der Waals surface area contributed by atoms with Gasteiger partial charge in [0.1, 0.15) is 4.99 Å². The van der Waals surface area contributed by atoms with Crippen LogP contribution in [0.15, 0.2) is 0 Å². The van der Waals surface area contributed by atoms with Gasteiger partial charge in [0.05, 0.1) is 11.3 Å². The molecule has 21 heavy (non-hydrogen) atoms. The summed E-state index contributed by atoms with van der Waals surface area (Å²) in [6.45, 7) is 10.7. The molecule has 0 amide bonds. The van der Waals surface area contributed by atoms with Gasteiger partial charge in [0.25, 0.3) is 0 Å². The molecule has 1 aromatic heterocycles. The molecule has 0 saturated carbocycles. The molecule has 6 heteroatoms. The van der Waals surface area contributed by atoms with E-state index in [4.69, 9.17) is 18.0 Å². The van der Waals surface area contributed by atoms with Gasteiger partial charge >= 0.3 is 0 Å². The third-order valence-electron chi connectivity index (χ3n) is 3.79. The molecular weight excluding hydrogens is 300 g/mol. The van der Waals surface area contributed by atoms with Gasteiger partial charge in [0.2, 0.25) is 0 Å². The first-order chi connectivity index (χ1) is 9.97. The molecule has 2 heterocycles. The Hall–Kier alpha value is -0.880. The Morgan fingerprint density at radius 1 is 1.24 bits per heavy atom. The van der Waals surface area contributed by atoms with Crippen LogP contribution in [0.5, 0.6) is 0 Å². The smallest absolute Gasteiger partial charge is 0.161 e. The minimum atomic E-state index is 0.435. The van der Waals surface area contributed by atoms with E-state index < -0.39 is 0 Å². The van der Waals surface area contributed by atoms with Gasteiger partial charge in [-0.05, 0) is 18.4 Å². The zero-order valence-electron chi connectivity index (χ0n) is 13.2. The van der Waals surface area contributed by atoms with Crippen molar-refractivity contribution >= 4 is 34.8 Å². The van der Waals surface area contributed by atoms with E-state index in [9.17, 15) is 0 Å². The van der Waals surface area contributed by atoms with E-state index in [0.29, 0.717) is 15.5 Å². The molecule has 1 saturated heterocycles. The van der Waals surface area contributed by atoms with Crippen molar-refractivity contribution in [2.75, 3.05) is 18.0 Å². The van der Waals surface area contributed by atoms with Crippen molar-refractivity contribution in [3.63, 3.8) is 0 Å². The van der Waals surface area contributed by atoms with Crippen molar-refractivity contribution in [2.24, 2.45) is 5.73 Å². The summed E-state index contributed by atoms with van der Waals surface area (Å²) in [5.41, 5.74) is 9.13. The van der Waals surface area contributed by atoms with Crippen molar-refractivity contribution in [1.29, 1.82) is 0 Å². The SMILES string of the molecule is CCc1nnc(N2CC(C)SC(C)C2)c(C(N)=S)c1CC. The second-order valence-corrected chi connectivity index (χ2v) is 7.88. The number of hydrogen-bond donors (Lipinski definition) is 1. The molecule has 2 unspecified atom stereocenters. The van der Waals surface area contributed by atoms with Crippen LogP contribution in [0.3, 0.4) is 0 Å². The molecule has 0 aliphatic carbocycles. The highest BCUT2D eigenvalue weighted by atomic mass is 32.2. The summed E-state index contributed by atoms with van der Waals surface area (Å²) >= 11 is 7.33. The molecule has 0 bridgehead atoms. The van der Waals surface area contributed by atoms with Crippen molar-refractivity contribution < 1.29 is 0 Å². The highest BCUT2D eigenvalue weighted by Gasteiger charge is 2.27. The van der Waals surface area contributed by atoms with E-state index in [0.717, 1.165) is 48.6 Å². The van der Waals surface area contributed by atoms with E-state index in [2.05, 4.69) is 42.8 Å². The fraction of sp³-hybridized carbons (Fsp3) is 0.667. The zero-order chi connectivity index (χ0) is 15.6. The molecule has 2 N–H and O–H groups in total. The van der Waals surface area contributed by atoms with E-state index in [-0.39, 0.29) is 0 Å². The Bertz CT molecular complexity index is 523. The second kappa shape index (κ2) is 6.92. The molecule has 2 atom stereocenters. The lowest BCUT2D eigenvalue weighted by molar-refractivity contribution is 0.704. The monoisotopic (exact) mass is 324 g/mol. The van der Waals surface area contributed by atoms with Crippen LogP contribution in [0.2, 0.25) is 0 Å². The first-order valence-electron chi connectivity index (χ1n) is 7.56. The third kappa shape index (κ3) is 3.48. The van der Waals surface area contributed by atoms with Crippen LogP contribution in [0, 0.1) is 0 Å². The summed E-state index contributed by atoms with van der Waals surface area (Å²) in [6, 6.07) is 0. The summed E-state index contributed by atoms with van der Waals surface area (Å²) in [6.07, 6.45) is 1.74. The van der Waals surface area contributed by atoms with Crippen LogP contribution in [-0.4, -0.2) is 38.8 Å². The minimum Gasteiger partial charge on any atom is -0.389 e. The van der Waals surface area contributed by atoms with Crippen molar-refractivity contribution in [3.05, 3.63) is 16.8 Å². The third-order valence-corrected chi connectivity index (χ3v) is 5.22. The van der Waals surface area contributed by atoms with Crippen molar-refractivity contribution in [1.82, 2.24) is 10.2 Å². The molecular formula is C15H24N4S2. The summed E-state index contributed by atoms with van der Waals surface area (Å²) in [5.74, 6) is 0.871. The van der Waals surface area contributed by atoms with Crippen LogP contribution in [0.25, 0.3) is 0 Å². The van der Waals surface area contributed by atoms with Crippen molar-refractivity contribution in [2.45, 2.75) is 51.0 Å². The summed E-state index contributed by atoms with van der Waals surface area (Å²) in [7, 11) is 0. The number of thiocarbonyl (C=S) groups is 1. The average molecular weight is 325 g/mol. The quantitative estimate of drug-likeness (QED) is 0.859. The minimum absolute atomic E-state index is 0.435. The normalized spacial score (nSPS) is 22.4. The highest BCUT2D eigenvalue weighted by Crippen LogP contribution is 2.31. The zero-order valence-corrected chi connectivity index (χ0v) is 14.9. The number of thioether (sulfide) groups is 1. The topological polar surface area (TPSA) is 55.0 Å². The molecule has 1 aromatic rings. The van der Waals surface area contributed by atoms with Gasteiger partial charge < -0.3 is 10.6 Å². The van der Waals surface area contributed by atoms with Gasteiger partial charge in [0.15, 0.2) is 5.82 Å². The maximum Gasteiger partial charge on any atom is 0.161 e. The van der Waals surface area contributed by atoms with Crippen LogP contribution in [0.1, 0.15) is 44.5 Å². The number of nitrogens with two attached hydrogens (primary N) is 1. The number of anilines is 1. The summed E-state index contributed by atoms with van der Waals surface area (Å²) in [5, 5.41) is 10.0. The molecule has 1 fully saturated rings. The van der Waals surface area contributed by atoms with E-state index in [1.807, 2.05) is 11.8 Å². The van der Waals surface area contributed by atoms with Gasteiger partial charge in [-0.1, -0.05) is 39.9 Å². The lowest BCUT2D eigenvalue weighted by atomic mass is 10.0. The molecule has 2 rings (SSSR count). The average Bonchev–Trinajstić information content (AvgIpc) is 2.44. The number of hydrogen-bond acceptors (Lipinski definition) is 5. The Morgan fingerprint density at radius 2 is 1.86 bits per heavy atom. The fourth-order valence-corrected chi connectivity index (χ4v) is 4.53. The molecule has 116 valence electrons. The van der Waals surface area contributed by atoms with Crippen LogP contribution < -0.4 is 10.6 Å². The number of nitrogens with zero attached hydrogens (tertiary/aromatic N) is 3. The van der Waals surface area contributed by atoms with Gasteiger partial charge in [-0.25, -0.2) is 0 Å². The van der Waals surface area contributed by atoms with Gasteiger partial charge in [-0.2, -0.15) is 16.9 Å². The maximum absolute atomic E-state index is 6.02. The fourth-order valence-electron chi connectivity index (χ4n) is 2.99. The number of aromatic nitrogens is 2. The summed E-state index contributed by atoms with van der Waals surface area (Å²) in [4.78, 5) is 2.73. The Kier molecular flexibility index (Phi) is 5.43. The molecule has 0 aromatic carbocycles. The summed E-state index contributed by atoms with van der Waals surface area (Å²) < 4.78 is 0. The second-order valence-electron chi connectivity index (χ2n) is 5.56. The Balaban J connectivity index is 2.50. The molecule has 0 radical (unpaired) electrons. The maximum atomic E-state index is 6.02. The van der Waals surface area contributed by atoms with Crippen LogP contribution in [-0.2, 0) is 12.8 Å². The van der Waals surface area contributed by atoms with Crippen molar-refractivity contribution in [3.8, 4) is 0 Å². The lowest BCUT2D eigenvalue weighted by Crippen LogP contribution is -2.42. The molecule has 1 aliphatic rings. The van der Waals surface area contributed by atoms with E-state index in [1.54, 1.807) is 0 Å². The molecule has 1 aliphatic heterocycles. The van der Waals surface area contributed by atoms with E-state index >= 15 is 0 Å². The predicted molar refractivity (Wildman–Crippen MR) is 95.4 cm³/mol. The van der Waals surface area contributed by atoms with Gasteiger partial charge in [-0.15, -0.1) is 5.10 Å². The molecule has 4 nitrogen and oxygen atoms in total. The Morgan fingerprint density at radius 3 is 2.33 bits per heavy atom. The predicted octanol–water partition coefficient (Wildman–Crippen LogP) is 2.57. The largest absolute Gasteiger partial charge is 0.389 e. The Labute approximate surface area is 136 Å². The first-order valence-corrected chi connectivity index (χ1v) is 8.91. The van der Waals surface area contributed by atoms with Crippen LogP contribution >= 0.6 is 24.0 Å².